The average Bonchev–Trinajstić information content (AvgIpc) is 2.53. The third kappa shape index (κ3) is 3.47. The van der Waals surface area contributed by atoms with Gasteiger partial charge in [0.1, 0.15) is 11.4 Å². The molecule has 0 fully saturated rings. The summed E-state index contributed by atoms with van der Waals surface area (Å²) in [6, 6.07) is 15.3. The highest BCUT2D eigenvalue weighted by atomic mass is 19.1. The first-order valence-electron chi connectivity index (χ1n) is 6.70. The van der Waals surface area contributed by atoms with Crippen molar-refractivity contribution < 1.29 is 13.9 Å². The Bertz CT molecular complexity index is 615. The van der Waals surface area contributed by atoms with Crippen molar-refractivity contribution in [2.45, 2.75) is 12.5 Å². The molecule has 2 rings (SSSR count). The van der Waals surface area contributed by atoms with Crippen molar-refractivity contribution in [1.29, 1.82) is 0 Å². The van der Waals surface area contributed by atoms with Crippen molar-refractivity contribution >= 4 is 5.91 Å². The molecule has 0 spiro atoms. The summed E-state index contributed by atoms with van der Waals surface area (Å²) in [5.74, 6) is -0.564. The Labute approximate surface area is 123 Å². The van der Waals surface area contributed by atoms with Crippen LogP contribution >= 0.6 is 0 Å². The van der Waals surface area contributed by atoms with E-state index in [9.17, 15) is 9.18 Å². The SMILES string of the molecule is COC(C)(CNC(=O)c1ccccc1)c1ccccc1F. The summed E-state index contributed by atoms with van der Waals surface area (Å²) in [6.07, 6.45) is 0. The van der Waals surface area contributed by atoms with Gasteiger partial charge in [0.05, 0.1) is 6.54 Å². The number of nitrogens with one attached hydrogen (secondary N) is 1. The minimum absolute atomic E-state index is 0.179. The van der Waals surface area contributed by atoms with Gasteiger partial charge >= 0.3 is 0 Å². The van der Waals surface area contributed by atoms with Crippen LogP contribution in [0.25, 0.3) is 0 Å². The zero-order valence-electron chi connectivity index (χ0n) is 12.1. The average molecular weight is 287 g/mol. The second-order valence-electron chi connectivity index (χ2n) is 4.96. The van der Waals surface area contributed by atoms with Crippen molar-refractivity contribution in [1.82, 2.24) is 5.32 Å². The molecule has 3 nitrogen and oxygen atoms in total. The molecular weight excluding hydrogens is 269 g/mol. The first-order valence-corrected chi connectivity index (χ1v) is 6.70. The van der Waals surface area contributed by atoms with Crippen LogP contribution in [0.2, 0.25) is 0 Å². The van der Waals surface area contributed by atoms with E-state index in [2.05, 4.69) is 5.32 Å². The maximum absolute atomic E-state index is 13.9. The number of benzene rings is 2. The van der Waals surface area contributed by atoms with Crippen molar-refractivity contribution in [3.8, 4) is 0 Å². The first-order chi connectivity index (χ1) is 10.1. The molecule has 2 aromatic rings. The van der Waals surface area contributed by atoms with Crippen LogP contribution in [0.4, 0.5) is 4.39 Å². The number of hydrogen-bond donors (Lipinski definition) is 1. The number of methoxy groups -OCH3 is 1. The van der Waals surface area contributed by atoms with Crippen molar-refractivity contribution in [3.05, 3.63) is 71.5 Å². The predicted molar refractivity (Wildman–Crippen MR) is 79.5 cm³/mol. The third-order valence-electron chi connectivity index (χ3n) is 3.52. The fourth-order valence-electron chi connectivity index (χ4n) is 2.11. The molecule has 0 saturated carbocycles. The summed E-state index contributed by atoms with van der Waals surface area (Å²) in [5, 5.41) is 2.79. The van der Waals surface area contributed by atoms with Crippen LogP contribution in [0.1, 0.15) is 22.8 Å². The number of rotatable bonds is 5. The number of carbonyl (C=O) groups excluding carboxylic acids is 1. The fourth-order valence-corrected chi connectivity index (χ4v) is 2.11. The molecule has 0 bridgehead atoms. The molecule has 21 heavy (non-hydrogen) atoms. The molecule has 0 radical (unpaired) electrons. The fraction of sp³-hybridized carbons (Fsp3) is 0.235. The van der Waals surface area contributed by atoms with Gasteiger partial charge in [0.2, 0.25) is 0 Å². The summed E-state index contributed by atoms with van der Waals surface area (Å²) in [4.78, 5) is 12.1. The Balaban J connectivity index is 2.13. The molecule has 0 heterocycles. The molecule has 0 aromatic heterocycles. The second kappa shape index (κ2) is 6.50. The summed E-state index contributed by atoms with van der Waals surface area (Å²) < 4.78 is 19.4. The maximum Gasteiger partial charge on any atom is 0.251 e. The molecule has 110 valence electrons. The quantitative estimate of drug-likeness (QED) is 0.917. The molecular formula is C17H18FNO2. The topological polar surface area (TPSA) is 38.3 Å². The number of ether oxygens (including phenoxy) is 1. The molecule has 1 atom stereocenters. The van der Waals surface area contributed by atoms with E-state index in [1.807, 2.05) is 6.07 Å². The minimum Gasteiger partial charge on any atom is -0.372 e. The predicted octanol–water partition coefficient (Wildman–Crippen LogP) is 3.12. The van der Waals surface area contributed by atoms with E-state index in [1.165, 1.54) is 13.2 Å². The number of carbonyl (C=O) groups is 1. The van der Waals surface area contributed by atoms with E-state index >= 15 is 0 Å². The van der Waals surface area contributed by atoms with E-state index in [-0.39, 0.29) is 18.3 Å². The third-order valence-corrected chi connectivity index (χ3v) is 3.52. The van der Waals surface area contributed by atoms with Crippen LogP contribution in [0.5, 0.6) is 0 Å². The van der Waals surface area contributed by atoms with Crippen LogP contribution in [-0.2, 0) is 10.3 Å². The summed E-state index contributed by atoms with van der Waals surface area (Å²) in [7, 11) is 1.50. The maximum atomic E-state index is 13.9. The van der Waals surface area contributed by atoms with Crippen molar-refractivity contribution in [2.75, 3.05) is 13.7 Å². The van der Waals surface area contributed by atoms with Crippen LogP contribution in [0, 0.1) is 5.82 Å². The van der Waals surface area contributed by atoms with Gasteiger partial charge in [0.25, 0.3) is 5.91 Å². The van der Waals surface area contributed by atoms with Crippen molar-refractivity contribution in [2.24, 2.45) is 0 Å². The highest BCUT2D eigenvalue weighted by Gasteiger charge is 2.29. The van der Waals surface area contributed by atoms with E-state index in [0.717, 1.165) is 0 Å². The van der Waals surface area contributed by atoms with Crippen LogP contribution in [0.15, 0.2) is 54.6 Å². The lowest BCUT2D eigenvalue weighted by Gasteiger charge is -2.29. The summed E-state index contributed by atoms with van der Waals surface area (Å²) in [6.45, 7) is 1.93. The van der Waals surface area contributed by atoms with Crippen LogP contribution < -0.4 is 5.32 Å². The Morgan fingerprint density at radius 2 is 1.76 bits per heavy atom. The highest BCUT2D eigenvalue weighted by Crippen LogP contribution is 2.26. The van der Waals surface area contributed by atoms with Crippen molar-refractivity contribution in [3.63, 3.8) is 0 Å². The lowest BCUT2D eigenvalue weighted by atomic mass is 9.95. The van der Waals surface area contributed by atoms with Gasteiger partial charge in [0, 0.05) is 18.2 Å². The Morgan fingerprint density at radius 1 is 1.14 bits per heavy atom. The van der Waals surface area contributed by atoms with Gasteiger partial charge in [-0.2, -0.15) is 0 Å². The molecule has 1 amide bonds. The molecule has 1 N–H and O–H groups in total. The normalized spacial score (nSPS) is 13.5. The largest absolute Gasteiger partial charge is 0.372 e. The molecule has 0 aliphatic carbocycles. The summed E-state index contributed by atoms with van der Waals surface area (Å²) in [5.41, 5.74) is 0.0563. The lowest BCUT2D eigenvalue weighted by molar-refractivity contribution is 0.000389. The van der Waals surface area contributed by atoms with Gasteiger partial charge < -0.3 is 10.1 Å². The monoisotopic (exact) mass is 287 g/mol. The lowest BCUT2D eigenvalue weighted by Crippen LogP contribution is -2.40. The van der Waals surface area contributed by atoms with Gasteiger partial charge in [-0.15, -0.1) is 0 Å². The molecule has 2 aromatic carbocycles. The molecule has 4 heteroatoms. The van der Waals surface area contributed by atoms with Gasteiger partial charge in [-0.25, -0.2) is 4.39 Å². The van der Waals surface area contributed by atoms with E-state index < -0.39 is 5.60 Å². The molecule has 0 aliphatic rings. The Morgan fingerprint density at radius 3 is 2.38 bits per heavy atom. The first kappa shape index (κ1) is 15.2. The number of halogens is 1. The zero-order valence-corrected chi connectivity index (χ0v) is 12.1. The molecule has 0 aliphatic heterocycles. The van der Waals surface area contributed by atoms with E-state index in [1.54, 1.807) is 49.4 Å². The van der Waals surface area contributed by atoms with Gasteiger partial charge in [0.15, 0.2) is 0 Å². The number of amides is 1. The van der Waals surface area contributed by atoms with Crippen LogP contribution in [-0.4, -0.2) is 19.6 Å². The Hall–Kier alpha value is -2.20. The van der Waals surface area contributed by atoms with E-state index in [4.69, 9.17) is 4.74 Å². The summed E-state index contributed by atoms with van der Waals surface area (Å²) >= 11 is 0. The minimum atomic E-state index is -0.921. The Kier molecular flexibility index (Phi) is 4.70. The highest BCUT2D eigenvalue weighted by molar-refractivity contribution is 5.94. The van der Waals surface area contributed by atoms with Gasteiger partial charge in [-0.1, -0.05) is 36.4 Å². The molecule has 0 saturated heterocycles. The van der Waals surface area contributed by atoms with Gasteiger partial charge in [-0.3, -0.25) is 4.79 Å². The number of hydrogen-bond acceptors (Lipinski definition) is 2. The zero-order chi connectivity index (χ0) is 15.3. The van der Waals surface area contributed by atoms with Gasteiger partial charge in [-0.05, 0) is 25.1 Å². The van der Waals surface area contributed by atoms with Crippen LogP contribution in [0.3, 0.4) is 0 Å². The standard InChI is InChI=1S/C17H18FNO2/c1-17(21-2,14-10-6-7-11-15(14)18)12-19-16(20)13-8-4-3-5-9-13/h3-11H,12H2,1-2H3,(H,19,20). The van der Waals surface area contributed by atoms with E-state index in [0.29, 0.717) is 11.1 Å². The second-order valence-corrected chi connectivity index (χ2v) is 4.96. The smallest absolute Gasteiger partial charge is 0.251 e. The molecule has 1 unspecified atom stereocenters.